The zero-order valence-electron chi connectivity index (χ0n) is 21.7. The molecule has 0 fully saturated rings. The van der Waals surface area contributed by atoms with Crippen molar-refractivity contribution in [3.8, 4) is 5.75 Å². The first kappa shape index (κ1) is 26.8. The van der Waals surface area contributed by atoms with E-state index >= 15 is 0 Å². The lowest BCUT2D eigenvalue weighted by Crippen LogP contribution is -2.54. The highest BCUT2D eigenvalue weighted by molar-refractivity contribution is 5.92. The first-order valence-corrected chi connectivity index (χ1v) is 12.9. The minimum absolute atomic E-state index is 0.123. The third-order valence-electron chi connectivity index (χ3n) is 6.18. The second-order valence-electron chi connectivity index (χ2n) is 9.86. The molecule has 38 heavy (non-hydrogen) atoms. The highest BCUT2D eigenvalue weighted by Crippen LogP contribution is 2.14. The van der Waals surface area contributed by atoms with Crippen LogP contribution in [0.2, 0.25) is 0 Å². The second kappa shape index (κ2) is 12.8. The van der Waals surface area contributed by atoms with E-state index in [0.717, 1.165) is 11.1 Å². The number of hydrogen-bond acceptors (Lipinski definition) is 6. The van der Waals surface area contributed by atoms with E-state index in [2.05, 4.69) is 26.3 Å². The molecule has 1 aromatic heterocycles. The Balaban J connectivity index is 1.58. The minimum atomic E-state index is -0.835. The predicted octanol–water partition coefficient (Wildman–Crippen LogP) is 1.79. The van der Waals surface area contributed by atoms with Crippen LogP contribution in [0.3, 0.4) is 0 Å². The lowest BCUT2D eigenvalue weighted by atomic mass is 10.0. The van der Waals surface area contributed by atoms with Gasteiger partial charge in [-0.1, -0.05) is 61.5 Å². The monoisotopic (exact) mass is 518 g/mol. The van der Waals surface area contributed by atoms with Gasteiger partial charge in [0, 0.05) is 6.42 Å². The molecule has 0 aliphatic carbocycles. The molecule has 10 nitrogen and oxygen atoms in total. The maximum Gasteiger partial charge on any atom is 0.243 e. The van der Waals surface area contributed by atoms with Crippen molar-refractivity contribution < 1.29 is 19.1 Å². The summed E-state index contributed by atoms with van der Waals surface area (Å²) in [6.07, 6.45) is 2.62. The quantitative estimate of drug-likeness (QED) is 0.452. The van der Waals surface area contributed by atoms with E-state index in [1.807, 2.05) is 68.4 Å². The molecule has 0 spiro atoms. The van der Waals surface area contributed by atoms with E-state index < -0.39 is 18.0 Å². The molecule has 0 unspecified atom stereocenters. The number of fused-ring (bicyclic) bond motifs is 13. The molecular weight excluding hydrogens is 484 g/mol. The van der Waals surface area contributed by atoms with Gasteiger partial charge in [-0.2, -0.15) is 0 Å². The number of ether oxygens (including phenoxy) is 1. The summed E-state index contributed by atoms with van der Waals surface area (Å²) in [6.45, 7) is 4.99. The molecule has 10 heteroatoms. The van der Waals surface area contributed by atoms with Crippen molar-refractivity contribution in [3.63, 3.8) is 0 Å². The number of hydrogen-bond donors (Lipinski definition) is 3. The van der Waals surface area contributed by atoms with Gasteiger partial charge >= 0.3 is 0 Å². The number of benzene rings is 2. The second-order valence-corrected chi connectivity index (χ2v) is 9.86. The fourth-order valence-corrected chi connectivity index (χ4v) is 4.26. The van der Waals surface area contributed by atoms with Gasteiger partial charge in [0.25, 0.3) is 0 Å². The van der Waals surface area contributed by atoms with Gasteiger partial charge in [-0.25, -0.2) is 4.68 Å². The first-order valence-electron chi connectivity index (χ1n) is 12.9. The van der Waals surface area contributed by atoms with Crippen LogP contribution >= 0.6 is 0 Å². The Morgan fingerprint density at radius 1 is 0.974 bits per heavy atom. The van der Waals surface area contributed by atoms with Crippen LogP contribution < -0.4 is 20.7 Å². The largest absolute Gasteiger partial charge is 0.492 e. The number of carbonyl (C=O) groups is 3. The van der Waals surface area contributed by atoms with E-state index in [0.29, 0.717) is 37.4 Å². The molecule has 3 N–H and O–H groups in total. The summed E-state index contributed by atoms with van der Waals surface area (Å²) in [5, 5.41) is 16.8. The van der Waals surface area contributed by atoms with E-state index in [9.17, 15) is 14.4 Å². The summed E-state index contributed by atoms with van der Waals surface area (Å²) >= 11 is 0. The predicted molar refractivity (Wildman–Crippen MR) is 141 cm³/mol. The van der Waals surface area contributed by atoms with Crippen molar-refractivity contribution in [2.75, 3.05) is 6.61 Å². The third-order valence-corrected chi connectivity index (χ3v) is 6.18. The lowest BCUT2D eigenvalue weighted by molar-refractivity contribution is -0.132. The van der Waals surface area contributed by atoms with E-state index in [4.69, 9.17) is 4.74 Å². The van der Waals surface area contributed by atoms with Crippen molar-refractivity contribution in [1.29, 1.82) is 0 Å². The van der Waals surface area contributed by atoms with Crippen LogP contribution in [0, 0.1) is 5.92 Å². The van der Waals surface area contributed by atoms with Crippen LogP contribution in [0.15, 0.2) is 60.8 Å². The van der Waals surface area contributed by atoms with Crippen LogP contribution in [-0.2, 0) is 40.3 Å². The molecular formula is C28H34N6O4. The zero-order chi connectivity index (χ0) is 26.9. The highest BCUT2D eigenvalue weighted by atomic mass is 16.5. The Morgan fingerprint density at radius 3 is 2.47 bits per heavy atom. The van der Waals surface area contributed by atoms with Crippen LogP contribution in [0.5, 0.6) is 5.75 Å². The van der Waals surface area contributed by atoms with Crippen molar-refractivity contribution in [1.82, 2.24) is 30.9 Å². The Hall–Kier alpha value is -4.21. The van der Waals surface area contributed by atoms with Crippen molar-refractivity contribution in [3.05, 3.63) is 77.6 Å². The number of carbonyl (C=O) groups excluding carboxylic acids is 3. The molecule has 3 aromatic rings. The maximum absolute atomic E-state index is 13.4. The molecule has 3 amide bonds. The minimum Gasteiger partial charge on any atom is -0.492 e. The molecule has 200 valence electrons. The van der Waals surface area contributed by atoms with Crippen LogP contribution in [0.4, 0.5) is 0 Å². The summed E-state index contributed by atoms with van der Waals surface area (Å²) in [7, 11) is 0. The average Bonchev–Trinajstić information content (AvgIpc) is 3.35. The first-order chi connectivity index (χ1) is 18.4. The molecule has 5 rings (SSSR count). The Kier molecular flexibility index (Phi) is 9.07. The maximum atomic E-state index is 13.4. The van der Waals surface area contributed by atoms with Crippen LogP contribution in [0.25, 0.3) is 0 Å². The normalized spacial score (nSPS) is 19.3. The lowest BCUT2D eigenvalue weighted by Gasteiger charge is -2.24. The molecule has 0 saturated carbocycles. The van der Waals surface area contributed by atoms with E-state index in [1.165, 1.54) is 0 Å². The Morgan fingerprint density at radius 2 is 1.74 bits per heavy atom. The number of nitrogens with one attached hydrogen (secondary N) is 3. The fourth-order valence-electron chi connectivity index (χ4n) is 4.26. The third kappa shape index (κ3) is 7.89. The molecule has 2 aromatic carbocycles. The summed E-state index contributed by atoms with van der Waals surface area (Å²) in [5.41, 5.74) is 2.29. The number of amides is 3. The summed E-state index contributed by atoms with van der Waals surface area (Å²) in [6, 6.07) is 15.2. The standard InChI is InChI=1S/C28H34N6O4/c1-19(2)14-24-28(37)31-25(15-20-6-4-3-5-7-20)27(36)29-17-22-18-34(33-32-22)12-13-38-23-10-8-21(9-11-23)16-26(35)30-24/h3-11,18-19,24-25H,12-17H2,1-2H3,(H,29,36)(H,30,35)(H,31,37)/t24-,25+/m0/s1. The number of rotatable bonds is 4. The topological polar surface area (TPSA) is 127 Å². The molecule has 4 bridgehead atoms. The average molecular weight is 519 g/mol. The number of aromatic nitrogens is 3. The van der Waals surface area contributed by atoms with Gasteiger partial charge in [0.1, 0.15) is 30.1 Å². The van der Waals surface area contributed by atoms with Crippen molar-refractivity contribution in [2.45, 2.75) is 58.3 Å². The number of nitrogens with zero attached hydrogens (tertiary/aromatic N) is 3. The summed E-state index contributed by atoms with van der Waals surface area (Å²) in [5.74, 6) is -0.178. The van der Waals surface area contributed by atoms with Gasteiger partial charge in [0.05, 0.1) is 25.7 Å². The van der Waals surface area contributed by atoms with Gasteiger partial charge in [-0.15, -0.1) is 5.10 Å². The summed E-state index contributed by atoms with van der Waals surface area (Å²) < 4.78 is 7.44. The van der Waals surface area contributed by atoms with E-state index in [1.54, 1.807) is 10.9 Å². The Labute approximate surface area is 222 Å². The van der Waals surface area contributed by atoms with Gasteiger partial charge in [0.2, 0.25) is 17.7 Å². The fraction of sp³-hybridized carbons (Fsp3) is 0.393. The SMILES string of the molecule is CC(C)C[C@@H]1NC(=O)Cc2ccc(cc2)OCCn2cc(nn2)CNC(=O)[C@@H](Cc2ccccc2)NC1=O. The van der Waals surface area contributed by atoms with Crippen molar-refractivity contribution in [2.24, 2.45) is 5.92 Å². The van der Waals surface area contributed by atoms with Gasteiger partial charge in [-0.05, 0) is 35.6 Å². The smallest absolute Gasteiger partial charge is 0.243 e. The Bertz CT molecular complexity index is 1230. The molecule has 0 radical (unpaired) electrons. The van der Waals surface area contributed by atoms with Gasteiger partial charge < -0.3 is 20.7 Å². The zero-order valence-corrected chi connectivity index (χ0v) is 21.7. The molecule has 2 aliphatic heterocycles. The molecule has 2 atom stereocenters. The van der Waals surface area contributed by atoms with Gasteiger partial charge in [-0.3, -0.25) is 14.4 Å². The molecule has 2 aliphatic rings. The van der Waals surface area contributed by atoms with Crippen LogP contribution in [0.1, 0.15) is 37.1 Å². The summed E-state index contributed by atoms with van der Waals surface area (Å²) in [4.78, 5) is 39.5. The highest BCUT2D eigenvalue weighted by Gasteiger charge is 2.28. The van der Waals surface area contributed by atoms with Crippen molar-refractivity contribution >= 4 is 17.7 Å². The van der Waals surface area contributed by atoms with Crippen LogP contribution in [-0.4, -0.2) is 51.4 Å². The molecule has 3 heterocycles. The molecule has 0 saturated heterocycles. The van der Waals surface area contributed by atoms with Gasteiger partial charge in [0.15, 0.2) is 0 Å². The van der Waals surface area contributed by atoms with E-state index in [-0.39, 0.29) is 30.7 Å².